The number of hydrogen-bond donors (Lipinski definition) is 2. The molecule has 0 radical (unpaired) electrons. The highest BCUT2D eigenvalue weighted by atomic mass is 16.3. The average Bonchev–Trinajstić information content (AvgIpc) is 2.93. The Morgan fingerprint density at radius 2 is 2.09 bits per heavy atom. The van der Waals surface area contributed by atoms with Crippen LogP contribution in [0.1, 0.15) is 40.9 Å². The molecule has 1 amide bonds. The van der Waals surface area contributed by atoms with Gasteiger partial charge in [0.15, 0.2) is 0 Å². The largest absolute Gasteiger partial charge is 0.393 e. The molecule has 120 valence electrons. The van der Waals surface area contributed by atoms with Gasteiger partial charge >= 0.3 is 0 Å². The van der Waals surface area contributed by atoms with Gasteiger partial charge in [0.25, 0.3) is 5.91 Å². The Morgan fingerprint density at radius 1 is 1.39 bits per heavy atom. The van der Waals surface area contributed by atoms with Crippen LogP contribution in [0.25, 0.3) is 0 Å². The monoisotopic (exact) mass is 311 g/mol. The summed E-state index contributed by atoms with van der Waals surface area (Å²) in [5.41, 5.74) is 1.99. The summed E-state index contributed by atoms with van der Waals surface area (Å²) in [6.07, 6.45) is 1.75. The summed E-state index contributed by atoms with van der Waals surface area (Å²) < 4.78 is 1.64. The lowest BCUT2D eigenvalue weighted by molar-refractivity contribution is 0.0937. The summed E-state index contributed by atoms with van der Waals surface area (Å²) >= 11 is 0. The molecule has 0 saturated carbocycles. The standard InChI is InChI=1S/C18H21N3O2/c1-13(22)8-16(15-6-4-3-5-7-15)11-20-18(23)17-9-14(10-19)12-21(17)2/h3-7,9,12-13,16,22H,8,11H2,1-2H3,(H,20,23). The maximum Gasteiger partial charge on any atom is 0.267 e. The maximum atomic E-state index is 12.3. The van der Waals surface area contributed by atoms with Crippen molar-refractivity contribution in [2.45, 2.75) is 25.4 Å². The fraction of sp³-hybridized carbons (Fsp3) is 0.333. The van der Waals surface area contributed by atoms with Gasteiger partial charge in [-0.25, -0.2) is 0 Å². The molecule has 0 saturated heterocycles. The fourth-order valence-corrected chi connectivity index (χ4v) is 2.63. The van der Waals surface area contributed by atoms with Crippen molar-refractivity contribution in [3.05, 3.63) is 59.4 Å². The summed E-state index contributed by atoms with van der Waals surface area (Å²) in [6.45, 7) is 2.18. The molecule has 0 bridgehead atoms. The molecule has 2 atom stereocenters. The molecule has 0 fully saturated rings. The predicted octanol–water partition coefficient (Wildman–Crippen LogP) is 2.18. The highest BCUT2D eigenvalue weighted by Crippen LogP contribution is 2.20. The summed E-state index contributed by atoms with van der Waals surface area (Å²) in [4.78, 5) is 12.3. The van der Waals surface area contributed by atoms with E-state index in [-0.39, 0.29) is 11.8 Å². The predicted molar refractivity (Wildman–Crippen MR) is 87.9 cm³/mol. The number of aromatic nitrogens is 1. The molecule has 1 aromatic carbocycles. The summed E-state index contributed by atoms with van der Waals surface area (Å²) in [5, 5.41) is 21.5. The first-order valence-corrected chi connectivity index (χ1v) is 7.59. The van der Waals surface area contributed by atoms with Crippen molar-refractivity contribution in [3.63, 3.8) is 0 Å². The third-order valence-electron chi connectivity index (χ3n) is 3.77. The number of amides is 1. The van der Waals surface area contributed by atoms with Gasteiger partial charge in [0.05, 0.1) is 11.7 Å². The van der Waals surface area contributed by atoms with Crippen molar-refractivity contribution in [2.75, 3.05) is 6.54 Å². The van der Waals surface area contributed by atoms with E-state index < -0.39 is 6.10 Å². The summed E-state index contributed by atoms with van der Waals surface area (Å²) in [5.74, 6) is -0.184. The molecule has 0 aliphatic heterocycles. The van der Waals surface area contributed by atoms with Crippen LogP contribution in [0.2, 0.25) is 0 Å². The number of nitrogens with one attached hydrogen (secondary N) is 1. The topological polar surface area (TPSA) is 78.1 Å². The molecule has 23 heavy (non-hydrogen) atoms. The van der Waals surface area contributed by atoms with E-state index in [0.717, 1.165) is 5.56 Å². The maximum absolute atomic E-state index is 12.3. The van der Waals surface area contributed by atoms with Gasteiger partial charge in [-0.05, 0) is 25.0 Å². The van der Waals surface area contributed by atoms with Crippen molar-refractivity contribution in [2.24, 2.45) is 7.05 Å². The lowest BCUT2D eigenvalue weighted by Gasteiger charge is -2.19. The van der Waals surface area contributed by atoms with Crippen molar-refractivity contribution in [3.8, 4) is 6.07 Å². The molecule has 2 aromatic rings. The van der Waals surface area contributed by atoms with Crippen LogP contribution in [0.15, 0.2) is 42.6 Å². The van der Waals surface area contributed by atoms with Crippen LogP contribution in [0.5, 0.6) is 0 Å². The first kappa shape index (κ1) is 16.8. The van der Waals surface area contributed by atoms with Gasteiger partial charge in [-0.3, -0.25) is 4.79 Å². The van der Waals surface area contributed by atoms with Crippen molar-refractivity contribution in [1.82, 2.24) is 9.88 Å². The van der Waals surface area contributed by atoms with Crippen molar-refractivity contribution in [1.29, 1.82) is 5.26 Å². The highest BCUT2D eigenvalue weighted by molar-refractivity contribution is 5.93. The second-order valence-corrected chi connectivity index (χ2v) is 5.74. The van der Waals surface area contributed by atoms with E-state index in [1.165, 1.54) is 0 Å². The van der Waals surface area contributed by atoms with Crippen LogP contribution >= 0.6 is 0 Å². The van der Waals surface area contributed by atoms with Gasteiger partial charge in [-0.2, -0.15) is 5.26 Å². The molecule has 0 aliphatic carbocycles. The van der Waals surface area contributed by atoms with Crippen LogP contribution in [-0.2, 0) is 7.05 Å². The Balaban J connectivity index is 2.07. The number of nitriles is 1. The molecule has 2 N–H and O–H groups in total. The lowest BCUT2D eigenvalue weighted by atomic mass is 9.93. The second kappa shape index (κ2) is 7.61. The third-order valence-corrected chi connectivity index (χ3v) is 3.77. The van der Waals surface area contributed by atoms with E-state index in [0.29, 0.717) is 24.2 Å². The Kier molecular flexibility index (Phi) is 5.56. The molecule has 0 aliphatic rings. The summed E-state index contributed by atoms with van der Waals surface area (Å²) in [6, 6.07) is 13.4. The van der Waals surface area contributed by atoms with Crippen LogP contribution in [-0.4, -0.2) is 28.2 Å². The molecule has 2 unspecified atom stereocenters. The molecule has 5 nitrogen and oxygen atoms in total. The number of aliphatic hydroxyl groups excluding tert-OH is 1. The van der Waals surface area contributed by atoms with Crippen LogP contribution in [0, 0.1) is 11.3 Å². The quantitative estimate of drug-likeness (QED) is 0.858. The van der Waals surface area contributed by atoms with Gasteiger partial charge in [0.1, 0.15) is 11.8 Å². The fourth-order valence-electron chi connectivity index (χ4n) is 2.63. The smallest absolute Gasteiger partial charge is 0.267 e. The van der Waals surface area contributed by atoms with Gasteiger partial charge in [-0.1, -0.05) is 30.3 Å². The van der Waals surface area contributed by atoms with E-state index in [1.807, 2.05) is 36.4 Å². The minimum absolute atomic E-state index is 0.0378. The van der Waals surface area contributed by atoms with E-state index in [4.69, 9.17) is 5.26 Å². The van der Waals surface area contributed by atoms with E-state index in [2.05, 4.69) is 5.32 Å². The number of aliphatic hydroxyl groups is 1. The minimum atomic E-state index is -0.447. The number of rotatable bonds is 6. The first-order chi connectivity index (χ1) is 11.0. The molecule has 1 aromatic heterocycles. The van der Waals surface area contributed by atoms with Crippen molar-refractivity contribution >= 4 is 5.91 Å². The number of hydrogen-bond acceptors (Lipinski definition) is 3. The second-order valence-electron chi connectivity index (χ2n) is 5.74. The average molecular weight is 311 g/mol. The summed E-state index contributed by atoms with van der Waals surface area (Å²) in [7, 11) is 1.74. The minimum Gasteiger partial charge on any atom is -0.393 e. The van der Waals surface area contributed by atoms with E-state index in [1.54, 1.807) is 30.8 Å². The number of nitrogens with zero attached hydrogens (tertiary/aromatic N) is 2. The molecular formula is C18H21N3O2. The molecule has 0 spiro atoms. The number of carbonyl (C=O) groups is 1. The van der Waals surface area contributed by atoms with Gasteiger partial charge in [-0.15, -0.1) is 0 Å². The Bertz CT molecular complexity index is 699. The van der Waals surface area contributed by atoms with Crippen LogP contribution in [0.3, 0.4) is 0 Å². The number of carbonyl (C=O) groups excluding carboxylic acids is 1. The van der Waals surface area contributed by atoms with E-state index >= 15 is 0 Å². The lowest BCUT2D eigenvalue weighted by Crippen LogP contribution is -2.30. The van der Waals surface area contributed by atoms with Gasteiger partial charge in [0, 0.05) is 25.7 Å². The number of benzene rings is 1. The molecule has 1 heterocycles. The normalized spacial score (nSPS) is 13.1. The molecule has 5 heteroatoms. The van der Waals surface area contributed by atoms with Crippen LogP contribution < -0.4 is 5.32 Å². The van der Waals surface area contributed by atoms with Gasteiger partial charge < -0.3 is 15.0 Å². The van der Waals surface area contributed by atoms with Crippen molar-refractivity contribution < 1.29 is 9.90 Å². The van der Waals surface area contributed by atoms with Gasteiger partial charge in [0.2, 0.25) is 0 Å². The SMILES string of the molecule is CC(O)CC(CNC(=O)c1cc(C#N)cn1C)c1ccccc1. The van der Waals surface area contributed by atoms with Crippen LogP contribution in [0.4, 0.5) is 0 Å². The molecule has 2 rings (SSSR count). The third kappa shape index (κ3) is 4.44. The Hall–Kier alpha value is -2.58. The number of aryl methyl sites for hydroxylation is 1. The zero-order valence-electron chi connectivity index (χ0n) is 13.4. The first-order valence-electron chi connectivity index (χ1n) is 7.59. The highest BCUT2D eigenvalue weighted by Gasteiger charge is 2.17. The zero-order valence-corrected chi connectivity index (χ0v) is 13.4. The zero-order chi connectivity index (χ0) is 16.8. The van der Waals surface area contributed by atoms with E-state index in [9.17, 15) is 9.90 Å². The molecular weight excluding hydrogens is 290 g/mol. The Labute approximate surface area is 136 Å². The Morgan fingerprint density at radius 3 is 2.65 bits per heavy atom.